The normalized spacial score (nSPS) is 27.8. The number of aliphatic hydroxyl groups is 1. The Hall–Kier alpha value is -1.41. The fourth-order valence-corrected chi connectivity index (χ4v) is 3.01. The van der Waals surface area contributed by atoms with Gasteiger partial charge in [0.05, 0.1) is 12.9 Å². The molecule has 0 radical (unpaired) electrons. The third kappa shape index (κ3) is 3.21. The molecule has 2 unspecified atom stereocenters. The van der Waals surface area contributed by atoms with Gasteiger partial charge in [-0.2, -0.15) is 8.42 Å². The molecule has 1 saturated heterocycles. The molecule has 3 rings (SSSR count). The van der Waals surface area contributed by atoms with Crippen molar-refractivity contribution in [1.29, 1.82) is 0 Å². The van der Waals surface area contributed by atoms with Crippen LogP contribution in [0, 0.1) is 0 Å². The number of aromatic nitrogens is 4. The molecule has 3 N–H and O–H groups in total. The maximum Gasteiger partial charge on any atom is 0.333 e. The van der Waals surface area contributed by atoms with Crippen LogP contribution in [0.2, 0.25) is 5.15 Å². The molecular weight excluding hydrogens is 366 g/mol. The molecule has 2 aromatic rings. The first-order valence-corrected chi connectivity index (χ1v) is 8.53. The van der Waals surface area contributed by atoms with E-state index in [1.807, 2.05) is 0 Å². The van der Waals surface area contributed by atoms with E-state index in [1.165, 1.54) is 24.3 Å². The zero-order valence-electron chi connectivity index (χ0n) is 12.3. The second-order valence-electron chi connectivity index (χ2n) is 5.02. The Morgan fingerprint density at radius 1 is 1.46 bits per heavy atom. The first-order valence-electron chi connectivity index (χ1n) is 6.68. The van der Waals surface area contributed by atoms with Gasteiger partial charge in [0.15, 0.2) is 17.0 Å². The van der Waals surface area contributed by atoms with E-state index in [9.17, 15) is 13.5 Å². The van der Waals surface area contributed by atoms with E-state index in [0.717, 1.165) is 0 Å². The molecule has 0 aromatic carbocycles. The maximum absolute atomic E-state index is 10.9. The summed E-state index contributed by atoms with van der Waals surface area (Å²) in [6, 6.07) is 0. The SMILES string of the molecule is COC1C(O)[C@@H](COS(N)(=O)=O)O[C@H]1n1cnc2c(Cl)ncnc21. The Kier molecular flexibility index (Phi) is 4.70. The van der Waals surface area contributed by atoms with Crippen LogP contribution in [0.4, 0.5) is 0 Å². The van der Waals surface area contributed by atoms with E-state index in [2.05, 4.69) is 19.1 Å². The lowest BCUT2D eigenvalue weighted by Crippen LogP contribution is -2.36. The van der Waals surface area contributed by atoms with E-state index >= 15 is 0 Å². The number of aliphatic hydroxyl groups excluding tert-OH is 1. The van der Waals surface area contributed by atoms with Crippen molar-refractivity contribution in [1.82, 2.24) is 19.5 Å². The maximum atomic E-state index is 10.9. The van der Waals surface area contributed by atoms with Crippen molar-refractivity contribution >= 4 is 33.1 Å². The second kappa shape index (κ2) is 6.48. The molecule has 0 aliphatic carbocycles. The number of hydrogen-bond acceptors (Lipinski definition) is 9. The zero-order chi connectivity index (χ0) is 17.5. The Balaban J connectivity index is 1.90. The quantitative estimate of drug-likeness (QED) is 0.621. The summed E-state index contributed by atoms with van der Waals surface area (Å²) in [5.74, 6) is 0. The van der Waals surface area contributed by atoms with Gasteiger partial charge in [-0.15, -0.1) is 0 Å². The summed E-state index contributed by atoms with van der Waals surface area (Å²) < 4.78 is 38.7. The standard InChI is InChI=1S/C11H14ClN5O6S/c1-21-8-7(18)5(2-22-24(13,19)20)23-11(8)17-4-16-6-9(12)14-3-15-10(6)17/h3-5,7-8,11,18H,2H2,1H3,(H2,13,19,20)/t5-,7?,8?,11-/m1/s1. The van der Waals surface area contributed by atoms with Crippen molar-refractivity contribution < 1.29 is 27.2 Å². The molecular formula is C11H14ClN5O6S. The number of nitrogens with zero attached hydrogens (tertiary/aromatic N) is 4. The van der Waals surface area contributed by atoms with Gasteiger partial charge in [0.1, 0.15) is 30.2 Å². The van der Waals surface area contributed by atoms with Gasteiger partial charge in [-0.1, -0.05) is 11.6 Å². The van der Waals surface area contributed by atoms with Crippen LogP contribution in [0.15, 0.2) is 12.7 Å². The highest BCUT2D eigenvalue weighted by atomic mass is 35.5. The average Bonchev–Trinajstić information content (AvgIpc) is 3.06. The summed E-state index contributed by atoms with van der Waals surface area (Å²) in [7, 11) is -2.78. The second-order valence-corrected chi connectivity index (χ2v) is 6.60. The van der Waals surface area contributed by atoms with Gasteiger partial charge < -0.3 is 14.6 Å². The number of ether oxygens (including phenoxy) is 2. The lowest BCUT2D eigenvalue weighted by molar-refractivity contribution is -0.0556. The summed E-state index contributed by atoms with van der Waals surface area (Å²) >= 11 is 5.96. The minimum atomic E-state index is -4.16. The summed E-state index contributed by atoms with van der Waals surface area (Å²) in [6.45, 7) is -0.460. The molecule has 3 heterocycles. The lowest BCUT2D eigenvalue weighted by Gasteiger charge is -2.19. The largest absolute Gasteiger partial charge is 0.387 e. The van der Waals surface area contributed by atoms with Gasteiger partial charge in [-0.25, -0.2) is 20.1 Å². The first kappa shape index (κ1) is 17.4. The van der Waals surface area contributed by atoms with Crippen LogP contribution in [-0.2, 0) is 24.0 Å². The molecule has 1 aliphatic heterocycles. The van der Waals surface area contributed by atoms with Gasteiger partial charge in [0.2, 0.25) is 0 Å². The molecule has 1 aliphatic rings. The highest BCUT2D eigenvalue weighted by Crippen LogP contribution is 2.34. The smallest absolute Gasteiger partial charge is 0.333 e. The topological polar surface area (TPSA) is 152 Å². The Morgan fingerprint density at radius 2 is 2.21 bits per heavy atom. The third-order valence-electron chi connectivity index (χ3n) is 3.57. The van der Waals surface area contributed by atoms with E-state index in [1.54, 1.807) is 0 Å². The van der Waals surface area contributed by atoms with Gasteiger partial charge in [0, 0.05) is 7.11 Å². The van der Waals surface area contributed by atoms with Crippen LogP contribution in [0.5, 0.6) is 0 Å². The minimum absolute atomic E-state index is 0.167. The van der Waals surface area contributed by atoms with Gasteiger partial charge in [-0.3, -0.25) is 8.75 Å². The minimum Gasteiger partial charge on any atom is -0.387 e. The van der Waals surface area contributed by atoms with E-state index < -0.39 is 41.5 Å². The van der Waals surface area contributed by atoms with Crippen LogP contribution >= 0.6 is 11.6 Å². The molecule has 132 valence electrons. The first-order chi connectivity index (χ1) is 11.3. The fourth-order valence-electron chi connectivity index (χ4n) is 2.51. The van der Waals surface area contributed by atoms with Crippen LogP contribution < -0.4 is 5.14 Å². The van der Waals surface area contributed by atoms with Crippen molar-refractivity contribution in [2.24, 2.45) is 5.14 Å². The molecule has 11 nitrogen and oxygen atoms in total. The van der Waals surface area contributed by atoms with Crippen molar-refractivity contribution in [3.05, 3.63) is 17.8 Å². The van der Waals surface area contributed by atoms with Crippen LogP contribution in [0.25, 0.3) is 11.2 Å². The summed E-state index contributed by atoms with van der Waals surface area (Å²) in [5, 5.41) is 15.2. The fraction of sp³-hybridized carbons (Fsp3) is 0.545. The molecule has 13 heteroatoms. The molecule has 1 fully saturated rings. The lowest BCUT2D eigenvalue weighted by atomic mass is 10.1. The molecule has 0 spiro atoms. The van der Waals surface area contributed by atoms with Crippen LogP contribution in [-0.4, -0.2) is 65.1 Å². The molecule has 24 heavy (non-hydrogen) atoms. The Bertz CT molecular complexity index is 845. The summed E-state index contributed by atoms with van der Waals surface area (Å²) in [4.78, 5) is 12.0. The van der Waals surface area contributed by atoms with Crippen molar-refractivity contribution in [3.63, 3.8) is 0 Å². The number of nitrogens with two attached hydrogens (primary N) is 1. The van der Waals surface area contributed by atoms with Crippen LogP contribution in [0.1, 0.15) is 6.23 Å². The van der Waals surface area contributed by atoms with E-state index in [0.29, 0.717) is 11.2 Å². The summed E-state index contributed by atoms with van der Waals surface area (Å²) in [5.41, 5.74) is 0.735. The van der Waals surface area contributed by atoms with Crippen LogP contribution in [0.3, 0.4) is 0 Å². The number of halogens is 1. The molecule has 0 bridgehead atoms. The molecule has 4 atom stereocenters. The number of hydrogen-bond donors (Lipinski definition) is 2. The highest BCUT2D eigenvalue weighted by Gasteiger charge is 2.46. The Morgan fingerprint density at radius 3 is 2.88 bits per heavy atom. The number of imidazole rings is 1. The third-order valence-corrected chi connectivity index (χ3v) is 4.31. The molecule has 0 saturated carbocycles. The van der Waals surface area contributed by atoms with Gasteiger partial charge in [-0.05, 0) is 0 Å². The monoisotopic (exact) mass is 379 g/mol. The van der Waals surface area contributed by atoms with Gasteiger partial charge >= 0.3 is 10.3 Å². The van der Waals surface area contributed by atoms with Crippen molar-refractivity contribution in [2.75, 3.05) is 13.7 Å². The zero-order valence-corrected chi connectivity index (χ0v) is 13.9. The average molecular weight is 380 g/mol. The highest BCUT2D eigenvalue weighted by molar-refractivity contribution is 7.84. The summed E-state index contributed by atoms with van der Waals surface area (Å²) in [6.07, 6.45) is -1.10. The number of methoxy groups -OCH3 is 1. The van der Waals surface area contributed by atoms with E-state index in [4.69, 9.17) is 26.2 Å². The number of rotatable bonds is 5. The predicted molar refractivity (Wildman–Crippen MR) is 80.1 cm³/mol. The molecule has 0 amide bonds. The molecule has 2 aromatic heterocycles. The van der Waals surface area contributed by atoms with Gasteiger partial charge in [0.25, 0.3) is 0 Å². The van der Waals surface area contributed by atoms with E-state index in [-0.39, 0.29) is 5.15 Å². The predicted octanol–water partition coefficient (Wildman–Crippen LogP) is -1.03. The van der Waals surface area contributed by atoms with Crippen molar-refractivity contribution in [2.45, 2.75) is 24.5 Å². The van der Waals surface area contributed by atoms with Crippen molar-refractivity contribution in [3.8, 4) is 0 Å². The Labute approximate surface area is 141 Å². The number of fused-ring (bicyclic) bond motifs is 1.